The van der Waals surface area contributed by atoms with Crippen LogP contribution in [0.3, 0.4) is 0 Å². The molecule has 88 valence electrons. The number of hydrogen-bond donors (Lipinski definition) is 1. The minimum atomic E-state index is -0.342. The van der Waals surface area contributed by atoms with E-state index in [4.69, 9.17) is 27.9 Å². The molecule has 0 aliphatic rings. The van der Waals surface area contributed by atoms with E-state index in [9.17, 15) is 4.79 Å². The molecule has 1 aromatic heterocycles. The highest BCUT2D eigenvalue weighted by atomic mass is 35.5. The summed E-state index contributed by atoms with van der Waals surface area (Å²) >= 11 is 11.4. The minimum Gasteiger partial charge on any atom is -0.369 e. The maximum Gasteiger partial charge on any atom is 0.251 e. The molecule has 16 heavy (non-hydrogen) atoms. The van der Waals surface area contributed by atoms with Gasteiger partial charge < -0.3 is 10.1 Å². The van der Waals surface area contributed by atoms with E-state index in [1.165, 1.54) is 6.33 Å². The third-order valence-electron chi connectivity index (χ3n) is 1.55. The molecule has 0 spiro atoms. The van der Waals surface area contributed by atoms with Crippen molar-refractivity contribution >= 4 is 34.9 Å². The number of rotatable bonds is 4. The maximum atomic E-state index is 11.4. The Labute approximate surface area is 103 Å². The van der Waals surface area contributed by atoms with Crippen LogP contribution in [0.15, 0.2) is 6.33 Å². The molecule has 0 atom stereocenters. The molecule has 0 bridgehead atoms. The molecule has 1 rings (SSSR count). The monoisotopic (exact) mass is 263 g/mol. The van der Waals surface area contributed by atoms with Gasteiger partial charge in [-0.2, -0.15) is 0 Å². The highest BCUT2D eigenvalue weighted by Gasteiger charge is 2.10. The highest BCUT2D eigenvalue weighted by Crippen LogP contribution is 2.25. The quantitative estimate of drug-likeness (QED) is 0.846. The lowest BCUT2D eigenvalue weighted by Gasteiger charge is -2.08. The zero-order chi connectivity index (χ0) is 12.1. The molecule has 0 unspecified atom stereocenters. The predicted molar refractivity (Wildman–Crippen MR) is 61.8 cm³/mol. The van der Waals surface area contributed by atoms with E-state index in [-0.39, 0.29) is 34.6 Å². The van der Waals surface area contributed by atoms with Crippen LogP contribution in [0.4, 0.5) is 5.82 Å². The molecule has 1 aromatic rings. The third-order valence-corrected chi connectivity index (χ3v) is 2.29. The molecular weight excluding hydrogens is 253 g/mol. The van der Waals surface area contributed by atoms with Crippen molar-refractivity contribution < 1.29 is 9.53 Å². The molecule has 0 saturated carbocycles. The molecule has 0 aliphatic carbocycles. The number of ether oxygens (including phenoxy) is 1. The zero-order valence-corrected chi connectivity index (χ0v) is 10.3. The van der Waals surface area contributed by atoms with Crippen LogP contribution >= 0.6 is 23.2 Å². The normalized spacial score (nSPS) is 10.6. The summed E-state index contributed by atoms with van der Waals surface area (Å²) in [6.45, 7) is 3.61. The topological polar surface area (TPSA) is 64.1 Å². The lowest BCUT2D eigenvalue weighted by molar-refractivity contribution is -0.121. The molecule has 0 fully saturated rings. The Bertz CT molecular complexity index is 385. The SMILES string of the molecule is CC(C)OCC(=O)Nc1ncnc(Cl)c1Cl. The first-order chi connectivity index (χ1) is 7.50. The Hall–Kier alpha value is -0.910. The molecule has 7 heteroatoms. The van der Waals surface area contributed by atoms with Crippen molar-refractivity contribution in [2.75, 3.05) is 11.9 Å². The number of aromatic nitrogens is 2. The van der Waals surface area contributed by atoms with Crippen molar-refractivity contribution in [3.8, 4) is 0 Å². The van der Waals surface area contributed by atoms with Crippen molar-refractivity contribution in [2.45, 2.75) is 20.0 Å². The average Bonchev–Trinajstić information content (AvgIpc) is 2.22. The standard InChI is InChI=1S/C9H11Cl2N3O2/c1-5(2)16-3-6(15)14-9-7(10)8(11)12-4-13-9/h4-5H,3H2,1-2H3,(H,12,13,14,15). The van der Waals surface area contributed by atoms with Crippen LogP contribution in [0.25, 0.3) is 0 Å². The minimum absolute atomic E-state index is 0.0183. The summed E-state index contributed by atoms with van der Waals surface area (Å²) in [7, 11) is 0. The number of carbonyl (C=O) groups excluding carboxylic acids is 1. The molecule has 5 nitrogen and oxygen atoms in total. The second kappa shape index (κ2) is 5.98. The number of nitrogens with zero attached hydrogens (tertiary/aromatic N) is 2. The van der Waals surface area contributed by atoms with Gasteiger partial charge >= 0.3 is 0 Å². The van der Waals surface area contributed by atoms with Gasteiger partial charge in [-0.15, -0.1) is 0 Å². The second-order valence-electron chi connectivity index (χ2n) is 3.24. The number of carbonyl (C=O) groups is 1. The fourth-order valence-electron chi connectivity index (χ4n) is 0.846. The van der Waals surface area contributed by atoms with E-state index >= 15 is 0 Å². The Morgan fingerprint density at radius 2 is 2.19 bits per heavy atom. The first-order valence-corrected chi connectivity index (χ1v) is 5.33. The van der Waals surface area contributed by atoms with E-state index in [1.807, 2.05) is 13.8 Å². The fourth-order valence-corrected chi connectivity index (χ4v) is 1.12. The number of amides is 1. The van der Waals surface area contributed by atoms with Crippen molar-refractivity contribution in [2.24, 2.45) is 0 Å². The van der Waals surface area contributed by atoms with Gasteiger partial charge in [0, 0.05) is 0 Å². The van der Waals surface area contributed by atoms with Gasteiger partial charge in [0.1, 0.15) is 18.0 Å². The Morgan fingerprint density at radius 1 is 1.50 bits per heavy atom. The summed E-state index contributed by atoms with van der Waals surface area (Å²) in [6, 6.07) is 0. The zero-order valence-electron chi connectivity index (χ0n) is 8.83. The summed E-state index contributed by atoms with van der Waals surface area (Å²) < 4.78 is 5.11. The number of halogens is 2. The highest BCUT2D eigenvalue weighted by molar-refractivity contribution is 6.42. The third kappa shape index (κ3) is 3.92. The van der Waals surface area contributed by atoms with Gasteiger partial charge in [0.15, 0.2) is 11.0 Å². The van der Waals surface area contributed by atoms with E-state index in [2.05, 4.69) is 15.3 Å². The van der Waals surface area contributed by atoms with Gasteiger partial charge in [0.25, 0.3) is 5.91 Å². The Balaban J connectivity index is 2.59. The molecule has 0 radical (unpaired) electrons. The molecule has 1 amide bonds. The van der Waals surface area contributed by atoms with Gasteiger partial charge in [-0.25, -0.2) is 9.97 Å². The predicted octanol–water partition coefficient (Wildman–Crippen LogP) is 2.15. The lowest BCUT2D eigenvalue weighted by atomic mass is 10.5. The van der Waals surface area contributed by atoms with Gasteiger partial charge in [-0.1, -0.05) is 23.2 Å². The van der Waals surface area contributed by atoms with Crippen LogP contribution in [-0.4, -0.2) is 28.6 Å². The summed E-state index contributed by atoms with van der Waals surface area (Å²) in [5.41, 5.74) is 0. The van der Waals surface area contributed by atoms with Gasteiger partial charge in [0.05, 0.1) is 6.10 Å². The van der Waals surface area contributed by atoms with Gasteiger partial charge in [-0.3, -0.25) is 4.79 Å². The van der Waals surface area contributed by atoms with Crippen LogP contribution in [0, 0.1) is 0 Å². The largest absolute Gasteiger partial charge is 0.369 e. The molecular formula is C9H11Cl2N3O2. The van der Waals surface area contributed by atoms with Crippen molar-refractivity contribution in [1.82, 2.24) is 9.97 Å². The summed E-state index contributed by atoms with van der Waals surface area (Å²) in [6.07, 6.45) is 1.20. The molecule has 1 heterocycles. The van der Waals surface area contributed by atoms with Crippen LogP contribution in [0.5, 0.6) is 0 Å². The van der Waals surface area contributed by atoms with Crippen LogP contribution in [-0.2, 0) is 9.53 Å². The summed E-state index contributed by atoms with van der Waals surface area (Å²) in [4.78, 5) is 18.8. The molecule has 0 saturated heterocycles. The summed E-state index contributed by atoms with van der Waals surface area (Å²) in [5, 5.41) is 2.68. The Morgan fingerprint density at radius 3 is 2.81 bits per heavy atom. The molecule has 0 aliphatic heterocycles. The lowest BCUT2D eigenvalue weighted by Crippen LogP contribution is -2.21. The molecule has 0 aromatic carbocycles. The van der Waals surface area contributed by atoms with Crippen molar-refractivity contribution in [3.63, 3.8) is 0 Å². The van der Waals surface area contributed by atoms with E-state index < -0.39 is 0 Å². The number of nitrogens with one attached hydrogen (secondary N) is 1. The molecule has 1 N–H and O–H groups in total. The average molecular weight is 264 g/mol. The Kier molecular flexibility index (Phi) is 4.92. The second-order valence-corrected chi connectivity index (χ2v) is 3.97. The van der Waals surface area contributed by atoms with E-state index in [1.54, 1.807) is 0 Å². The van der Waals surface area contributed by atoms with Crippen LogP contribution in [0.1, 0.15) is 13.8 Å². The van der Waals surface area contributed by atoms with Crippen molar-refractivity contribution in [3.05, 3.63) is 16.5 Å². The van der Waals surface area contributed by atoms with E-state index in [0.717, 1.165) is 0 Å². The smallest absolute Gasteiger partial charge is 0.251 e. The first-order valence-electron chi connectivity index (χ1n) is 4.58. The van der Waals surface area contributed by atoms with Crippen molar-refractivity contribution in [1.29, 1.82) is 0 Å². The first kappa shape index (κ1) is 13.2. The van der Waals surface area contributed by atoms with E-state index in [0.29, 0.717) is 0 Å². The van der Waals surface area contributed by atoms with Crippen LogP contribution < -0.4 is 5.32 Å². The fraction of sp³-hybridized carbons (Fsp3) is 0.444. The van der Waals surface area contributed by atoms with Gasteiger partial charge in [-0.05, 0) is 13.8 Å². The van der Waals surface area contributed by atoms with Gasteiger partial charge in [0.2, 0.25) is 0 Å². The summed E-state index contributed by atoms with van der Waals surface area (Å²) in [5.74, 6) is -0.163. The number of hydrogen-bond acceptors (Lipinski definition) is 4. The number of anilines is 1. The van der Waals surface area contributed by atoms with Crippen LogP contribution in [0.2, 0.25) is 10.2 Å². The maximum absolute atomic E-state index is 11.4.